The Labute approximate surface area is 165 Å². The highest BCUT2D eigenvalue weighted by Crippen LogP contribution is 2.27. The van der Waals surface area contributed by atoms with Crippen molar-refractivity contribution in [3.8, 4) is 28.5 Å². The SMILES string of the molecule is CN(C)S(=O)(=O)c1cc(-c2nc(-c3cnn(-c4cccc(Cl)c4)c3)no2)co1. The quantitative estimate of drug-likeness (QED) is 0.489. The molecule has 28 heavy (non-hydrogen) atoms. The molecule has 0 amide bonds. The number of furan rings is 1. The minimum absolute atomic E-state index is 0.134. The summed E-state index contributed by atoms with van der Waals surface area (Å²) in [6.45, 7) is 0. The van der Waals surface area contributed by atoms with E-state index in [9.17, 15) is 8.42 Å². The van der Waals surface area contributed by atoms with Crippen molar-refractivity contribution in [2.45, 2.75) is 5.09 Å². The second-order valence-electron chi connectivity index (χ2n) is 6.02. The van der Waals surface area contributed by atoms with Crippen LogP contribution >= 0.6 is 11.6 Å². The third kappa shape index (κ3) is 3.33. The standard InChI is InChI=1S/C17H14ClN5O4S/c1-22(2)28(24,25)15-6-11(10-26-15)17-20-16(21-27-17)12-8-19-23(9-12)14-5-3-4-13(18)7-14/h3-10H,1-2H3. The zero-order valence-corrected chi connectivity index (χ0v) is 16.3. The number of hydrogen-bond donors (Lipinski definition) is 0. The van der Waals surface area contributed by atoms with E-state index in [1.165, 1.54) is 26.4 Å². The van der Waals surface area contributed by atoms with Crippen molar-refractivity contribution in [3.63, 3.8) is 0 Å². The highest BCUT2D eigenvalue weighted by molar-refractivity contribution is 7.88. The first kappa shape index (κ1) is 18.4. The van der Waals surface area contributed by atoms with Crippen molar-refractivity contribution >= 4 is 21.6 Å². The van der Waals surface area contributed by atoms with Crippen LogP contribution in [0.4, 0.5) is 0 Å². The Hall–Kier alpha value is -2.95. The van der Waals surface area contributed by atoms with Gasteiger partial charge in [0.25, 0.3) is 15.9 Å². The molecular weight excluding hydrogens is 406 g/mol. The molecule has 3 heterocycles. The third-order valence-corrected chi connectivity index (χ3v) is 5.82. The lowest BCUT2D eigenvalue weighted by Crippen LogP contribution is -2.21. The van der Waals surface area contributed by atoms with Crippen molar-refractivity contribution in [2.24, 2.45) is 0 Å². The fourth-order valence-electron chi connectivity index (χ4n) is 2.40. The van der Waals surface area contributed by atoms with E-state index in [1.807, 2.05) is 12.1 Å². The van der Waals surface area contributed by atoms with E-state index in [2.05, 4.69) is 15.2 Å². The summed E-state index contributed by atoms with van der Waals surface area (Å²) in [6.07, 6.45) is 4.58. The van der Waals surface area contributed by atoms with Gasteiger partial charge in [0, 0.05) is 31.4 Å². The highest BCUT2D eigenvalue weighted by Gasteiger charge is 2.23. The Bertz CT molecular complexity index is 1240. The van der Waals surface area contributed by atoms with Crippen LogP contribution in [0.1, 0.15) is 0 Å². The Morgan fingerprint density at radius 3 is 2.75 bits per heavy atom. The normalized spacial score (nSPS) is 12.0. The second-order valence-corrected chi connectivity index (χ2v) is 8.54. The fourth-order valence-corrected chi connectivity index (χ4v) is 3.39. The zero-order valence-electron chi connectivity index (χ0n) is 14.8. The van der Waals surface area contributed by atoms with Crippen molar-refractivity contribution in [1.29, 1.82) is 0 Å². The molecule has 0 aliphatic carbocycles. The molecule has 3 aromatic heterocycles. The Balaban J connectivity index is 1.62. The number of benzene rings is 1. The van der Waals surface area contributed by atoms with Gasteiger partial charge in [0.15, 0.2) is 0 Å². The summed E-state index contributed by atoms with van der Waals surface area (Å²) < 4.78 is 37.3. The van der Waals surface area contributed by atoms with Crippen LogP contribution in [0.25, 0.3) is 28.5 Å². The van der Waals surface area contributed by atoms with Gasteiger partial charge >= 0.3 is 0 Å². The van der Waals surface area contributed by atoms with Crippen molar-refractivity contribution in [2.75, 3.05) is 14.1 Å². The molecule has 0 N–H and O–H groups in total. The molecule has 0 fully saturated rings. The Morgan fingerprint density at radius 1 is 1.18 bits per heavy atom. The van der Waals surface area contributed by atoms with Gasteiger partial charge in [-0.3, -0.25) is 0 Å². The van der Waals surface area contributed by atoms with Gasteiger partial charge in [-0.25, -0.2) is 17.4 Å². The highest BCUT2D eigenvalue weighted by atomic mass is 35.5. The largest absolute Gasteiger partial charge is 0.451 e. The molecule has 4 rings (SSSR count). The molecule has 0 aliphatic heterocycles. The lowest BCUT2D eigenvalue weighted by Gasteiger charge is -2.06. The summed E-state index contributed by atoms with van der Waals surface area (Å²) in [5.74, 6) is 0.441. The number of hydrogen-bond acceptors (Lipinski definition) is 7. The lowest BCUT2D eigenvalue weighted by atomic mass is 10.3. The maximum absolute atomic E-state index is 12.1. The van der Waals surface area contributed by atoms with Crippen LogP contribution in [-0.4, -0.2) is 46.7 Å². The molecule has 9 nitrogen and oxygen atoms in total. The molecule has 144 valence electrons. The van der Waals surface area contributed by atoms with E-state index in [4.69, 9.17) is 20.5 Å². The number of halogens is 1. The average molecular weight is 420 g/mol. The molecular formula is C17H14ClN5O4S. The smallest absolute Gasteiger partial charge is 0.275 e. The summed E-state index contributed by atoms with van der Waals surface area (Å²) in [4.78, 5) is 4.29. The summed E-state index contributed by atoms with van der Waals surface area (Å²) in [6, 6.07) is 8.57. The third-order valence-electron chi connectivity index (χ3n) is 3.90. The first-order valence-electron chi connectivity index (χ1n) is 8.01. The summed E-state index contributed by atoms with van der Waals surface area (Å²) in [7, 11) is -0.854. The maximum atomic E-state index is 12.1. The van der Waals surface area contributed by atoms with E-state index >= 15 is 0 Å². The number of rotatable bonds is 5. The van der Waals surface area contributed by atoms with E-state index in [0.29, 0.717) is 22.0 Å². The summed E-state index contributed by atoms with van der Waals surface area (Å²) >= 11 is 6.01. The van der Waals surface area contributed by atoms with E-state index in [-0.39, 0.29) is 11.0 Å². The first-order chi connectivity index (χ1) is 13.3. The molecule has 4 aromatic rings. The van der Waals surface area contributed by atoms with Crippen molar-refractivity contribution in [1.82, 2.24) is 24.2 Å². The molecule has 0 saturated carbocycles. The van der Waals surface area contributed by atoms with Gasteiger partial charge in [-0.15, -0.1) is 0 Å². The van der Waals surface area contributed by atoms with Gasteiger partial charge < -0.3 is 8.94 Å². The Kier molecular flexibility index (Phi) is 4.53. The molecule has 0 atom stereocenters. The molecule has 0 aliphatic rings. The molecule has 1 aromatic carbocycles. The Morgan fingerprint density at radius 2 is 2.00 bits per heavy atom. The van der Waals surface area contributed by atoms with Crippen LogP contribution in [0.5, 0.6) is 0 Å². The molecule has 0 bridgehead atoms. The number of sulfonamides is 1. The van der Waals surface area contributed by atoms with Crippen molar-refractivity contribution in [3.05, 3.63) is 54.0 Å². The predicted molar refractivity (Wildman–Crippen MR) is 100 cm³/mol. The van der Waals surface area contributed by atoms with Crippen LogP contribution in [-0.2, 0) is 10.0 Å². The predicted octanol–water partition coefficient (Wildman–Crippen LogP) is 3.09. The van der Waals surface area contributed by atoms with Gasteiger partial charge in [-0.2, -0.15) is 10.1 Å². The molecule has 0 radical (unpaired) electrons. The van der Waals surface area contributed by atoms with Gasteiger partial charge in [0.05, 0.1) is 23.0 Å². The van der Waals surface area contributed by atoms with Gasteiger partial charge in [-0.1, -0.05) is 22.8 Å². The zero-order chi connectivity index (χ0) is 19.9. The lowest BCUT2D eigenvalue weighted by molar-refractivity contribution is 0.422. The number of nitrogens with zero attached hydrogens (tertiary/aromatic N) is 5. The van der Waals surface area contributed by atoms with E-state index in [0.717, 1.165) is 9.99 Å². The number of aromatic nitrogens is 4. The fraction of sp³-hybridized carbons (Fsp3) is 0.118. The van der Waals surface area contributed by atoms with Gasteiger partial charge in [0.2, 0.25) is 10.9 Å². The monoisotopic (exact) mass is 419 g/mol. The molecule has 0 unspecified atom stereocenters. The molecule has 11 heteroatoms. The van der Waals surface area contributed by atoms with E-state index in [1.54, 1.807) is 29.2 Å². The average Bonchev–Trinajstić information content (AvgIpc) is 3.40. The topological polar surface area (TPSA) is 107 Å². The van der Waals surface area contributed by atoms with Gasteiger partial charge in [-0.05, 0) is 18.2 Å². The molecule has 0 saturated heterocycles. The van der Waals surface area contributed by atoms with Crippen LogP contribution < -0.4 is 0 Å². The van der Waals surface area contributed by atoms with Crippen molar-refractivity contribution < 1.29 is 17.4 Å². The van der Waals surface area contributed by atoms with Crippen LogP contribution in [0, 0.1) is 0 Å². The minimum atomic E-state index is -3.69. The van der Waals surface area contributed by atoms with Gasteiger partial charge in [0.1, 0.15) is 6.26 Å². The van der Waals surface area contributed by atoms with Crippen LogP contribution in [0.3, 0.4) is 0 Å². The first-order valence-corrected chi connectivity index (χ1v) is 9.82. The molecule has 0 spiro atoms. The van der Waals surface area contributed by atoms with E-state index < -0.39 is 10.0 Å². The summed E-state index contributed by atoms with van der Waals surface area (Å²) in [5.41, 5.74) is 1.77. The second kappa shape index (κ2) is 6.89. The maximum Gasteiger partial charge on any atom is 0.275 e. The minimum Gasteiger partial charge on any atom is -0.451 e. The summed E-state index contributed by atoms with van der Waals surface area (Å²) in [5, 5.41) is 8.59. The van der Waals surface area contributed by atoms with Crippen LogP contribution in [0.2, 0.25) is 5.02 Å². The van der Waals surface area contributed by atoms with Crippen LogP contribution in [0.15, 0.2) is 63.0 Å².